The Morgan fingerprint density at radius 1 is 1.16 bits per heavy atom. The van der Waals surface area contributed by atoms with Gasteiger partial charge in [-0.05, 0) is 40.3 Å². The lowest BCUT2D eigenvalue weighted by atomic mass is 10.1. The van der Waals surface area contributed by atoms with Crippen LogP contribution < -0.4 is 15.2 Å². The Bertz CT molecular complexity index is 560. The smallest absolute Gasteiger partial charge is 0.240 e. The van der Waals surface area contributed by atoms with E-state index in [0.717, 1.165) is 9.13 Å². The molecule has 2 aromatic rings. The first kappa shape index (κ1) is 14.0. The summed E-state index contributed by atoms with van der Waals surface area (Å²) in [5, 5.41) is 0. The van der Waals surface area contributed by atoms with Crippen LogP contribution in [-0.2, 0) is 0 Å². The number of nitrogens with zero attached hydrogens (tertiary/aromatic N) is 2. The van der Waals surface area contributed by atoms with E-state index < -0.39 is 0 Å². The van der Waals surface area contributed by atoms with Crippen LogP contribution in [0.15, 0.2) is 30.5 Å². The minimum atomic E-state index is -0.384. The number of hydrogen-bond donors (Lipinski definition) is 1. The summed E-state index contributed by atoms with van der Waals surface area (Å²) < 4.78 is 11.4. The van der Waals surface area contributed by atoms with Gasteiger partial charge in [0.15, 0.2) is 0 Å². The van der Waals surface area contributed by atoms with Crippen molar-refractivity contribution in [2.24, 2.45) is 5.73 Å². The van der Waals surface area contributed by atoms with Crippen molar-refractivity contribution in [3.05, 3.63) is 45.3 Å². The molecule has 100 valence electrons. The number of halogens is 1. The van der Waals surface area contributed by atoms with Gasteiger partial charge in [0.2, 0.25) is 11.8 Å². The summed E-state index contributed by atoms with van der Waals surface area (Å²) in [6, 6.07) is 7.55. The first-order valence-electron chi connectivity index (χ1n) is 5.61. The lowest BCUT2D eigenvalue weighted by Crippen LogP contribution is -2.15. The van der Waals surface area contributed by atoms with E-state index >= 15 is 0 Å². The number of nitrogens with two attached hydrogens (primary N) is 1. The monoisotopic (exact) mass is 371 g/mol. The third kappa shape index (κ3) is 3.13. The van der Waals surface area contributed by atoms with Crippen LogP contribution in [0.5, 0.6) is 11.8 Å². The minimum Gasteiger partial charge on any atom is -0.480 e. The highest BCUT2D eigenvalue weighted by molar-refractivity contribution is 14.1. The van der Waals surface area contributed by atoms with Crippen molar-refractivity contribution in [1.82, 2.24) is 9.97 Å². The van der Waals surface area contributed by atoms with Crippen molar-refractivity contribution in [1.29, 1.82) is 0 Å². The molecule has 0 spiro atoms. The molecule has 0 amide bonds. The van der Waals surface area contributed by atoms with Gasteiger partial charge in [0.05, 0.1) is 26.5 Å². The average molecular weight is 371 g/mol. The van der Waals surface area contributed by atoms with Gasteiger partial charge in [-0.15, -0.1) is 0 Å². The molecule has 0 bridgehead atoms. The molecule has 0 aliphatic carbocycles. The van der Waals surface area contributed by atoms with Gasteiger partial charge in [0, 0.05) is 3.57 Å². The Morgan fingerprint density at radius 2 is 1.84 bits per heavy atom. The van der Waals surface area contributed by atoms with E-state index in [1.165, 1.54) is 20.4 Å². The molecular formula is C13H14IN3O2. The molecule has 2 N–H and O–H groups in total. The van der Waals surface area contributed by atoms with E-state index in [-0.39, 0.29) is 6.04 Å². The number of aromatic nitrogens is 2. The fourth-order valence-corrected chi connectivity index (χ4v) is 2.02. The number of methoxy groups -OCH3 is 2. The summed E-state index contributed by atoms with van der Waals surface area (Å²) in [5.74, 6) is 0.779. The maximum Gasteiger partial charge on any atom is 0.240 e. The highest BCUT2D eigenvalue weighted by Crippen LogP contribution is 2.26. The van der Waals surface area contributed by atoms with Crippen LogP contribution in [0.3, 0.4) is 0 Å². The van der Waals surface area contributed by atoms with Gasteiger partial charge in [-0.2, -0.15) is 4.98 Å². The molecule has 1 heterocycles. The summed E-state index contributed by atoms with van der Waals surface area (Å²) in [5.41, 5.74) is 7.75. The van der Waals surface area contributed by atoms with Gasteiger partial charge in [-0.1, -0.05) is 12.1 Å². The number of rotatable bonds is 4. The average Bonchev–Trinajstić information content (AvgIpc) is 2.46. The Balaban J connectivity index is 2.37. The molecule has 1 unspecified atom stereocenters. The maximum absolute atomic E-state index is 6.21. The van der Waals surface area contributed by atoms with Crippen LogP contribution in [0.2, 0.25) is 0 Å². The summed E-state index contributed by atoms with van der Waals surface area (Å²) in [6.07, 6.45) is 1.53. The van der Waals surface area contributed by atoms with E-state index in [2.05, 4.69) is 32.6 Å². The number of benzene rings is 1. The maximum atomic E-state index is 6.21. The van der Waals surface area contributed by atoms with E-state index in [9.17, 15) is 0 Å². The lowest BCUT2D eigenvalue weighted by Gasteiger charge is -2.14. The zero-order valence-corrected chi connectivity index (χ0v) is 12.8. The summed E-state index contributed by atoms with van der Waals surface area (Å²) >= 11 is 2.25. The second kappa shape index (κ2) is 6.16. The molecule has 19 heavy (non-hydrogen) atoms. The predicted octanol–water partition coefficient (Wildman–Crippen LogP) is 2.15. The molecule has 0 aliphatic rings. The highest BCUT2D eigenvalue weighted by Gasteiger charge is 2.17. The van der Waals surface area contributed by atoms with Crippen molar-refractivity contribution >= 4 is 22.6 Å². The highest BCUT2D eigenvalue weighted by atomic mass is 127. The third-order valence-electron chi connectivity index (χ3n) is 2.67. The largest absolute Gasteiger partial charge is 0.480 e. The SMILES string of the molecule is COc1cnc(C(N)c2ccc(I)cc2)c(OC)n1. The zero-order valence-electron chi connectivity index (χ0n) is 10.6. The Morgan fingerprint density at radius 3 is 2.42 bits per heavy atom. The van der Waals surface area contributed by atoms with Crippen molar-refractivity contribution in [2.75, 3.05) is 14.2 Å². The van der Waals surface area contributed by atoms with Crippen LogP contribution in [0.1, 0.15) is 17.3 Å². The summed E-state index contributed by atoms with van der Waals surface area (Å²) in [4.78, 5) is 8.47. The molecule has 2 rings (SSSR count). The van der Waals surface area contributed by atoms with E-state index in [4.69, 9.17) is 15.2 Å². The molecule has 1 aromatic carbocycles. The molecule has 5 nitrogen and oxygen atoms in total. The first-order valence-corrected chi connectivity index (χ1v) is 6.69. The van der Waals surface area contributed by atoms with Gasteiger partial charge >= 0.3 is 0 Å². The van der Waals surface area contributed by atoms with Crippen molar-refractivity contribution in [3.63, 3.8) is 0 Å². The second-order valence-electron chi connectivity index (χ2n) is 3.84. The second-order valence-corrected chi connectivity index (χ2v) is 5.08. The van der Waals surface area contributed by atoms with Gasteiger partial charge in [-0.3, -0.25) is 0 Å². The molecular weight excluding hydrogens is 357 g/mol. The molecule has 1 aromatic heterocycles. The first-order chi connectivity index (χ1) is 9.15. The predicted molar refractivity (Wildman–Crippen MR) is 80.3 cm³/mol. The van der Waals surface area contributed by atoms with Crippen LogP contribution in [0, 0.1) is 3.57 Å². The van der Waals surface area contributed by atoms with Gasteiger partial charge < -0.3 is 15.2 Å². The van der Waals surface area contributed by atoms with Crippen LogP contribution in [0.25, 0.3) is 0 Å². The molecule has 0 radical (unpaired) electrons. The quantitative estimate of drug-likeness (QED) is 0.835. The molecule has 0 aliphatic heterocycles. The van der Waals surface area contributed by atoms with E-state index in [1.54, 1.807) is 0 Å². The van der Waals surface area contributed by atoms with Crippen molar-refractivity contribution in [2.45, 2.75) is 6.04 Å². The fourth-order valence-electron chi connectivity index (χ4n) is 1.66. The topological polar surface area (TPSA) is 70.3 Å². The van der Waals surface area contributed by atoms with Crippen molar-refractivity contribution in [3.8, 4) is 11.8 Å². The molecule has 6 heteroatoms. The zero-order chi connectivity index (χ0) is 13.8. The third-order valence-corrected chi connectivity index (χ3v) is 3.39. The van der Waals surface area contributed by atoms with Gasteiger partial charge in [-0.25, -0.2) is 4.98 Å². The Kier molecular flexibility index (Phi) is 4.54. The lowest BCUT2D eigenvalue weighted by molar-refractivity contribution is 0.355. The minimum absolute atomic E-state index is 0.380. The van der Waals surface area contributed by atoms with Crippen LogP contribution >= 0.6 is 22.6 Å². The molecule has 1 atom stereocenters. The fraction of sp³-hybridized carbons (Fsp3) is 0.231. The van der Waals surface area contributed by atoms with Crippen LogP contribution in [0.4, 0.5) is 0 Å². The standard InChI is InChI=1S/C13H14IN3O2/c1-18-10-7-16-12(13(17-10)19-2)11(15)8-3-5-9(14)6-4-8/h3-7,11H,15H2,1-2H3. The van der Waals surface area contributed by atoms with E-state index in [0.29, 0.717) is 17.5 Å². The number of hydrogen-bond acceptors (Lipinski definition) is 5. The summed E-state index contributed by atoms with van der Waals surface area (Å²) in [7, 11) is 3.07. The molecule has 0 saturated heterocycles. The Labute approximate surface area is 125 Å². The normalized spacial score (nSPS) is 12.0. The Hall–Kier alpha value is -1.41. The number of ether oxygens (including phenoxy) is 2. The van der Waals surface area contributed by atoms with Gasteiger partial charge in [0.1, 0.15) is 5.69 Å². The van der Waals surface area contributed by atoms with Crippen LogP contribution in [-0.4, -0.2) is 24.2 Å². The summed E-state index contributed by atoms with van der Waals surface area (Å²) in [6.45, 7) is 0. The van der Waals surface area contributed by atoms with E-state index in [1.807, 2.05) is 24.3 Å². The molecule has 0 fully saturated rings. The van der Waals surface area contributed by atoms with Crippen molar-refractivity contribution < 1.29 is 9.47 Å². The molecule has 0 saturated carbocycles. The van der Waals surface area contributed by atoms with Gasteiger partial charge in [0.25, 0.3) is 0 Å².